The van der Waals surface area contributed by atoms with Gasteiger partial charge in [0.1, 0.15) is 17.3 Å². The van der Waals surface area contributed by atoms with E-state index < -0.39 is 0 Å². The fourth-order valence-corrected chi connectivity index (χ4v) is 2.69. The van der Waals surface area contributed by atoms with Gasteiger partial charge in [-0.2, -0.15) is 0 Å². The lowest BCUT2D eigenvalue weighted by atomic mass is 10.0. The molecule has 0 aliphatic rings. The third kappa shape index (κ3) is 5.78. The SMILES string of the molecule is CC(C)Oc1ccc(NC(=O)c2cnc(Nc3ccc(C(C)C)cc3)cn2)cc1. The Kier molecular flexibility index (Phi) is 6.44. The summed E-state index contributed by atoms with van der Waals surface area (Å²) in [5, 5.41) is 6.00. The zero-order chi connectivity index (χ0) is 20.8. The van der Waals surface area contributed by atoms with Gasteiger partial charge in [-0.05, 0) is 61.7 Å². The minimum absolute atomic E-state index is 0.103. The number of anilines is 3. The van der Waals surface area contributed by atoms with E-state index in [2.05, 4.69) is 46.6 Å². The Bertz CT molecular complexity index is 934. The molecule has 0 fully saturated rings. The number of nitrogens with zero attached hydrogens (tertiary/aromatic N) is 2. The van der Waals surface area contributed by atoms with E-state index >= 15 is 0 Å². The zero-order valence-electron chi connectivity index (χ0n) is 17.1. The van der Waals surface area contributed by atoms with E-state index in [4.69, 9.17) is 4.74 Å². The van der Waals surface area contributed by atoms with Crippen LogP contribution < -0.4 is 15.4 Å². The minimum atomic E-state index is -0.317. The van der Waals surface area contributed by atoms with Crippen LogP contribution in [0.1, 0.15) is 49.7 Å². The summed E-state index contributed by atoms with van der Waals surface area (Å²) in [4.78, 5) is 20.9. The molecular formula is C23H26N4O2. The Labute approximate surface area is 171 Å². The standard InChI is InChI=1S/C23H26N4O2/c1-15(2)17-5-7-18(8-6-17)26-22-14-24-21(13-25-22)23(28)27-19-9-11-20(12-10-19)29-16(3)4/h5-16H,1-4H3,(H,25,26)(H,27,28). The highest BCUT2D eigenvalue weighted by Gasteiger charge is 2.09. The second-order valence-corrected chi connectivity index (χ2v) is 7.33. The molecule has 2 N–H and O–H groups in total. The lowest BCUT2D eigenvalue weighted by Crippen LogP contribution is -2.14. The van der Waals surface area contributed by atoms with Crippen molar-refractivity contribution in [3.05, 3.63) is 72.2 Å². The van der Waals surface area contributed by atoms with Crippen molar-refractivity contribution in [1.29, 1.82) is 0 Å². The first-order valence-electron chi connectivity index (χ1n) is 9.68. The van der Waals surface area contributed by atoms with Crippen LogP contribution in [0.3, 0.4) is 0 Å². The Morgan fingerprint density at radius 2 is 1.52 bits per heavy atom. The van der Waals surface area contributed by atoms with Crippen molar-refractivity contribution in [2.75, 3.05) is 10.6 Å². The molecule has 29 heavy (non-hydrogen) atoms. The molecule has 0 aliphatic heterocycles. The van der Waals surface area contributed by atoms with Crippen molar-refractivity contribution in [3.8, 4) is 5.75 Å². The smallest absolute Gasteiger partial charge is 0.275 e. The average molecular weight is 390 g/mol. The van der Waals surface area contributed by atoms with Gasteiger partial charge in [-0.25, -0.2) is 9.97 Å². The first-order valence-corrected chi connectivity index (χ1v) is 9.68. The van der Waals surface area contributed by atoms with Crippen LogP contribution in [-0.2, 0) is 0 Å². The van der Waals surface area contributed by atoms with Gasteiger partial charge < -0.3 is 15.4 Å². The Morgan fingerprint density at radius 1 is 0.862 bits per heavy atom. The van der Waals surface area contributed by atoms with E-state index in [0.29, 0.717) is 17.4 Å². The summed E-state index contributed by atoms with van der Waals surface area (Å²) >= 11 is 0. The number of hydrogen-bond acceptors (Lipinski definition) is 5. The molecule has 1 aromatic heterocycles. The molecule has 150 valence electrons. The van der Waals surface area contributed by atoms with E-state index in [9.17, 15) is 4.79 Å². The number of amides is 1. The van der Waals surface area contributed by atoms with Gasteiger partial charge in [0.2, 0.25) is 0 Å². The van der Waals surface area contributed by atoms with Crippen molar-refractivity contribution in [2.24, 2.45) is 0 Å². The number of hydrogen-bond donors (Lipinski definition) is 2. The zero-order valence-corrected chi connectivity index (χ0v) is 17.1. The summed E-state index contributed by atoms with van der Waals surface area (Å²) in [6, 6.07) is 15.4. The lowest BCUT2D eigenvalue weighted by Gasteiger charge is -2.11. The van der Waals surface area contributed by atoms with E-state index in [1.165, 1.54) is 11.8 Å². The monoisotopic (exact) mass is 390 g/mol. The van der Waals surface area contributed by atoms with Crippen molar-refractivity contribution < 1.29 is 9.53 Å². The Morgan fingerprint density at radius 3 is 2.07 bits per heavy atom. The first-order chi connectivity index (χ1) is 13.9. The van der Waals surface area contributed by atoms with Crippen molar-refractivity contribution in [2.45, 2.75) is 39.7 Å². The van der Waals surface area contributed by atoms with Crippen LogP contribution in [0.15, 0.2) is 60.9 Å². The van der Waals surface area contributed by atoms with Gasteiger partial charge in [0, 0.05) is 11.4 Å². The van der Waals surface area contributed by atoms with Crippen LogP contribution in [0.2, 0.25) is 0 Å². The van der Waals surface area contributed by atoms with Gasteiger partial charge in [-0.15, -0.1) is 0 Å². The summed E-state index contributed by atoms with van der Waals surface area (Å²) < 4.78 is 5.60. The van der Waals surface area contributed by atoms with Gasteiger partial charge in [0.25, 0.3) is 5.91 Å². The minimum Gasteiger partial charge on any atom is -0.491 e. The molecule has 1 heterocycles. The molecule has 2 aromatic carbocycles. The maximum Gasteiger partial charge on any atom is 0.275 e. The largest absolute Gasteiger partial charge is 0.491 e. The van der Waals surface area contributed by atoms with Crippen LogP contribution in [0.25, 0.3) is 0 Å². The quantitative estimate of drug-likeness (QED) is 0.566. The molecule has 0 spiro atoms. The van der Waals surface area contributed by atoms with Gasteiger partial charge >= 0.3 is 0 Å². The summed E-state index contributed by atoms with van der Waals surface area (Å²) in [6.45, 7) is 8.25. The van der Waals surface area contributed by atoms with Crippen molar-refractivity contribution >= 4 is 23.1 Å². The Balaban J connectivity index is 1.59. The fraction of sp³-hybridized carbons (Fsp3) is 0.261. The number of nitrogens with one attached hydrogen (secondary N) is 2. The maximum absolute atomic E-state index is 12.4. The first kappa shape index (κ1) is 20.3. The lowest BCUT2D eigenvalue weighted by molar-refractivity contribution is 0.102. The summed E-state index contributed by atoms with van der Waals surface area (Å²) in [6.07, 6.45) is 3.10. The van der Waals surface area contributed by atoms with Crippen LogP contribution in [0.5, 0.6) is 5.75 Å². The predicted octanol–water partition coefficient (Wildman–Crippen LogP) is 5.38. The van der Waals surface area contributed by atoms with E-state index in [1.54, 1.807) is 18.3 Å². The van der Waals surface area contributed by atoms with Crippen LogP contribution >= 0.6 is 0 Å². The average Bonchev–Trinajstić information content (AvgIpc) is 2.70. The third-order valence-corrected chi connectivity index (χ3v) is 4.22. The van der Waals surface area contributed by atoms with Crippen molar-refractivity contribution in [1.82, 2.24) is 9.97 Å². The predicted molar refractivity (Wildman–Crippen MR) is 116 cm³/mol. The molecule has 6 heteroatoms. The summed E-state index contributed by atoms with van der Waals surface area (Å²) in [5.74, 6) is 1.51. The third-order valence-electron chi connectivity index (χ3n) is 4.22. The Hall–Kier alpha value is -3.41. The molecular weight excluding hydrogens is 364 g/mol. The van der Waals surface area contributed by atoms with Crippen LogP contribution in [0, 0.1) is 0 Å². The van der Waals surface area contributed by atoms with E-state index in [-0.39, 0.29) is 17.7 Å². The van der Waals surface area contributed by atoms with Crippen LogP contribution in [-0.4, -0.2) is 22.0 Å². The van der Waals surface area contributed by atoms with Gasteiger partial charge in [0.15, 0.2) is 0 Å². The van der Waals surface area contributed by atoms with E-state index in [0.717, 1.165) is 11.4 Å². The molecule has 0 radical (unpaired) electrons. The van der Waals surface area contributed by atoms with Crippen LogP contribution in [0.4, 0.5) is 17.2 Å². The molecule has 1 amide bonds. The van der Waals surface area contributed by atoms with Crippen molar-refractivity contribution in [3.63, 3.8) is 0 Å². The summed E-state index contributed by atoms with van der Waals surface area (Å²) in [5.41, 5.74) is 3.11. The molecule has 0 aliphatic carbocycles. The molecule has 3 rings (SSSR count). The molecule has 0 saturated heterocycles. The molecule has 3 aromatic rings. The number of rotatable bonds is 7. The van der Waals surface area contributed by atoms with Gasteiger partial charge in [-0.1, -0.05) is 26.0 Å². The summed E-state index contributed by atoms with van der Waals surface area (Å²) in [7, 11) is 0. The topological polar surface area (TPSA) is 76.1 Å². The highest BCUT2D eigenvalue weighted by Crippen LogP contribution is 2.20. The maximum atomic E-state index is 12.4. The van der Waals surface area contributed by atoms with E-state index in [1.807, 2.05) is 38.1 Å². The highest BCUT2D eigenvalue weighted by atomic mass is 16.5. The molecule has 0 bridgehead atoms. The number of benzene rings is 2. The molecule has 0 saturated carbocycles. The molecule has 0 unspecified atom stereocenters. The second-order valence-electron chi connectivity index (χ2n) is 7.33. The normalized spacial score (nSPS) is 10.8. The number of ether oxygens (including phenoxy) is 1. The second kappa shape index (κ2) is 9.19. The number of carbonyl (C=O) groups excluding carboxylic acids is 1. The molecule has 6 nitrogen and oxygen atoms in total. The van der Waals surface area contributed by atoms with Gasteiger partial charge in [-0.3, -0.25) is 4.79 Å². The fourth-order valence-electron chi connectivity index (χ4n) is 2.69. The number of aromatic nitrogens is 2. The van der Waals surface area contributed by atoms with Gasteiger partial charge in [0.05, 0.1) is 18.5 Å². The molecule has 0 atom stereocenters. The highest BCUT2D eigenvalue weighted by molar-refractivity contribution is 6.02. The number of carbonyl (C=O) groups is 1.